The third kappa shape index (κ3) is 4.87. The van der Waals surface area contributed by atoms with E-state index in [1.165, 1.54) is 0 Å². The van der Waals surface area contributed by atoms with Gasteiger partial charge in [0.15, 0.2) is 6.61 Å². The molecule has 1 fully saturated rings. The van der Waals surface area contributed by atoms with Gasteiger partial charge in [0.25, 0.3) is 5.91 Å². The lowest BCUT2D eigenvalue weighted by Crippen LogP contribution is -2.39. The summed E-state index contributed by atoms with van der Waals surface area (Å²) in [6, 6.07) is 15.3. The molecule has 3 rings (SSSR count). The summed E-state index contributed by atoms with van der Waals surface area (Å²) in [5, 5.41) is 5.32. The van der Waals surface area contributed by atoms with Crippen molar-refractivity contribution in [1.29, 1.82) is 0 Å². The molecule has 2 amide bonds. The summed E-state index contributed by atoms with van der Waals surface area (Å²) in [5.74, 6) is -1.20. The fraction of sp³-hybridized carbons (Fsp3) is 0.375. The quantitative estimate of drug-likeness (QED) is 0.688. The summed E-state index contributed by atoms with van der Waals surface area (Å²) in [4.78, 5) is 37.1. The maximum absolute atomic E-state index is 12.8. The lowest BCUT2D eigenvalue weighted by Gasteiger charge is -2.27. The summed E-state index contributed by atoms with van der Waals surface area (Å²) in [6.45, 7) is 3.23. The van der Waals surface area contributed by atoms with Gasteiger partial charge in [-0.25, -0.2) is 0 Å². The number of nitrogens with one attached hydrogen (secondary N) is 2. The number of esters is 1. The Kier molecular flexibility index (Phi) is 6.87. The van der Waals surface area contributed by atoms with Crippen LogP contribution in [-0.4, -0.2) is 30.9 Å². The van der Waals surface area contributed by atoms with Gasteiger partial charge in [-0.1, -0.05) is 61.4 Å². The fourth-order valence-corrected chi connectivity index (χ4v) is 4.04. The van der Waals surface area contributed by atoms with Gasteiger partial charge in [-0.15, -0.1) is 0 Å². The van der Waals surface area contributed by atoms with E-state index in [4.69, 9.17) is 4.74 Å². The van der Waals surface area contributed by atoms with E-state index >= 15 is 0 Å². The van der Waals surface area contributed by atoms with Gasteiger partial charge in [0.2, 0.25) is 5.91 Å². The second-order valence-electron chi connectivity index (χ2n) is 7.82. The van der Waals surface area contributed by atoms with Crippen LogP contribution in [0.1, 0.15) is 42.4 Å². The molecule has 0 spiro atoms. The van der Waals surface area contributed by atoms with Gasteiger partial charge in [0, 0.05) is 5.69 Å². The molecule has 2 N–H and O–H groups in total. The van der Waals surface area contributed by atoms with Crippen LogP contribution in [0.5, 0.6) is 0 Å². The van der Waals surface area contributed by atoms with Crippen LogP contribution in [0.25, 0.3) is 0 Å². The summed E-state index contributed by atoms with van der Waals surface area (Å²) in [7, 11) is 0. The van der Waals surface area contributed by atoms with Gasteiger partial charge >= 0.3 is 5.97 Å². The zero-order valence-corrected chi connectivity index (χ0v) is 17.5. The largest absolute Gasteiger partial charge is 0.455 e. The minimum atomic E-state index is -0.679. The molecule has 1 aliphatic carbocycles. The molecule has 1 saturated carbocycles. The number of hydrogen-bond donors (Lipinski definition) is 2. The molecule has 6 nitrogen and oxygen atoms in total. The SMILES string of the molecule is Cc1cccc(C)c1NC(=O)CNC(=O)COC(=O)C1(c2ccccc2)CCCC1. The normalized spacial score (nSPS) is 14.7. The van der Waals surface area contributed by atoms with Crippen LogP contribution >= 0.6 is 0 Å². The first kappa shape index (κ1) is 21.6. The average Bonchev–Trinajstić information content (AvgIpc) is 3.25. The molecule has 0 aliphatic heterocycles. The van der Waals surface area contributed by atoms with Crippen LogP contribution < -0.4 is 10.6 Å². The highest BCUT2D eigenvalue weighted by molar-refractivity contribution is 5.96. The van der Waals surface area contributed by atoms with Gasteiger partial charge in [0.05, 0.1) is 12.0 Å². The maximum Gasteiger partial charge on any atom is 0.317 e. The zero-order chi connectivity index (χ0) is 21.6. The van der Waals surface area contributed by atoms with Crippen molar-refractivity contribution in [2.45, 2.75) is 44.9 Å². The number of hydrogen-bond acceptors (Lipinski definition) is 4. The molecule has 1 aliphatic rings. The number of rotatable bonds is 7. The predicted molar refractivity (Wildman–Crippen MR) is 115 cm³/mol. The minimum Gasteiger partial charge on any atom is -0.455 e. The second kappa shape index (κ2) is 9.57. The monoisotopic (exact) mass is 408 g/mol. The van der Waals surface area contributed by atoms with Crippen molar-refractivity contribution in [3.8, 4) is 0 Å². The highest BCUT2D eigenvalue weighted by Gasteiger charge is 2.44. The molecule has 6 heteroatoms. The van der Waals surface area contributed by atoms with Crippen molar-refractivity contribution in [3.63, 3.8) is 0 Å². The number of aryl methyl sites for hydroxylation is 2. The molecule has 2 aromatic carbocycles. The first-order valence-corrected chi connectivity index (χ1v) is 10.3. The molecule has 0 unspecified atom stereocenters. The molecular weight excluding hydrogens is 380 g/mol. The number of anilines is 1. The van der Waals surface area contributed by atoms with E-state index in [2.05, 4.69) is 10.6 Å². The molecule has 158 valence electrons. The Labute approximate surface area is 177 Å². The van der Waals surface area contributed by atoms with Gasteiger partial charge in [-0.3, -0.25) is 14.4 Å². The molecule has 0 radical (unpaired) electrons. The highest BCUT2D eigenvalue weighted by atomic mass is 16.5. The first-order chi connectivity index (χ1) is 14.4. The maximum atomic E-state index is 12.8. The van der Waals surface area contributed by atoms with Crippen LogP contribution in [0.4, 0.5) is 5.69 Å². The highest BCUT2D eigenvalue weighted by Crippen LogP contribution is 2.42. The van der Waals surface area contributed by atoms with Crippen molar-refractivity contribution in [1.82, 2.24) is 5.32 Å². The number of carbonyl (C=O) groups is 3. The van der Waals surface area contributed by atoms with Crippen molar-refractivity contribution >= 4 is 23.5 Å². The Balaban J connectivity index is 1.50. The number of para-hydroxylation sites is 1. The molecule has 0 bridgehead atoms. The van der Waals surface area contributed by atoms with Gasteiger partial charge in [-0.2, -0.15) is 0 Å². The first-order valence-electron chi connectivity index (χ1n) is 10.3. The van der Waals surface area contributed by atoms with Crippen molar-refractivity contribution in [2.75, 3.05) is 18.5 Å². The van der Waals surface area contributed by atoms with Crippen molar-refractivity contribution < 1.29 is 19.1 Å². The number of amides is 2. The molecule has 0 atom stereocenters. The predicted octanol–water partition coefficient (Wildman–Crippen LogP) is 3.41. The van der Waals surface area contributed by atoms with Gasteiger partial charge in [0.1, 0.15) is 0 Å². The number of benzene rings is 2. The molecule has 0 saturated heterocycles. The third-order valence-electron chi connectivity index (χ3n) is 5.70. The third-order valence-corrected chi connectivity index (χ3v) is 5.70. The van der Waals surface area contributed by atoms with Crippen LogP contribution in [-0.2, 0) is 24.5 Å². The Hall–Kier alpha value is -3.15. The molecule has 0 heterocycles. The van der Waals surface area contributed by atoms with Crippen LogP contribution in [0.2, 0.25) is 0 Å². The fourth-order valence-electron chi connectivity index (χ4n) is 4.04. The van der Waals surface area contributed by atoms with Crippen molar-refractivity contribution in [2.24, 2.45) is 0 Å². The van der Waals surface area contributed by atoms with Crippen LogP contribution in [0.3, 0.4) is 0 Å². The minimum absolute atomic E-state index is 0.187. The standard InChI is InChI=1S/C24H28N2O4/c1-17-9-8-10-18(2)22(17)26-20(27)15-25-21(28)16-30-23(29)24(13-6-7-14-24)19-11-4-3-5-12-19/h3-5,8-12H,6-7,13-16H2,1-2H3,(H,25,28)(H,26,27). The Morgan fingerprint density at radius 2 is 1.53 bits per heavy atom. The number of carbonyl (C=O) groups excluding carboxylic acids is 3. The summed E-state index contributed by atoms with van der Waals surface area (Å²) >= 11 is 0. The Morgan fingerprint density at radius 1 is 0.900 bits per heavy atom. The molecular formula is C24H28N2O4. The second-order valence-corrected chi connectivity index (χ2v) is 7.82. The van der Waals surface area contributed by atoms with Crippen molar-refractivity contribution in [3.05, 3.63) is 65.2 Å². The topological polar surface area (TPSA) is 84.5 Å². The summed E-state index contributed by atoms with van der Waals surface area (Å²) in [5.41, 5.74) is 2.90. The van der Waals surface area contributed by atoms with Crippen LogP contribution in [0.15, 0.2) is 48.5 Å². The molecule has 30 heavy (non-hydrogen) atoms. The van der Waals surface area contributed by atoms with Crippen LogP contribution in [0, 0.1) is 13.8 Å². The summed E-state index contributed by atoms with van der Waals surface area (Å²) < 4.78 is 5.35. The lowest BCUT2D eigenvalue weighted by atomic mass is 9.79. The average molecular weight is 408 g/mol. The molecule has 2 aromatic rings. The Bertz CT molecular complexity index is 898. The van der Waals surface area contributed by atoms with E-state index in [1.54, 1.807) is 0 Å². The summed E-state index contributed by atoms with van der Waals surface area (Å²) in [6.07, 6.45) is 3.34. The molecule has 0 aromatic heterocycles. The number of ether oxygens (including phenoxy) is 1. The van der Waals surface area contributed by atoms with E-state index in [-0.39, 0.29) is 18.4 Å². The Morgan fingerprint density at radius 3 is 2.17 bits per heavy atom. The van der Waals surface area contributed by atoms with Gasteiger partial charge in [-0.05, 0) is 43.4 Å². The zero-order valence-electron chi connectivity index (χ0n) is 17.5. The van der Waals surface area contributed by atoms with E-state index in [1.807, 2.05) is 62.4 Å². The van der Waals surface area contributed by atoms with E-state index in [9.17, 15) is 14.4 Å². The van der Waals surface area contributed by atoms with E-state index < -0.39 is 17.9 Å². The van der Waals surface area contributed by atoms with Gasteiger partial charge < -0.3 is 15.4 Å². The lowest BCUT2D eigenvalue weighted by molar-refractivity contribution is -0.154. The smallest absolute Gasteiger partial charge is 0.317 e. The van der Waals surface area contributed by atoms with E-state index in [0.29, 0.717) is 0 Å². The van der Waals surface area contributed by atoms with E-state index in [0.717, 1.165) is 48.1 Å².